The van der Waals surface area contributed by atoms with Crippen molar-refractivity contribution in [2.45, 2.75) is 33.7 Å². The second-order valence-electron chi connectivity index (χ2n) is 5.61. The summed E-state index contributed by atoms with van der Waals surface area (Å²) in [6, 6.07) is 6.02. The van der Waals surface area contributed by atoms with E-state index >= 15 is 0 Å². The molecule has 1 aliphatic heterocycles. The largest absolute Gasteiger partial charge is 0.507 e. The van der Waals surface area contributed by atoms with Gasteiger partial charge in [0, 0.05) is 18.7 Å². The maximum Gasteiger partial charge on any atom is 0.122 e. The van der Waals surface area contributed by atoms with Crippen LogP contribution in [0.1, 0.15) is 31.4 Å². The minimum absolute atomic E-state index is 0.473. The van der Waals surface area contributed by atoms with Crippen LogP contribution < -0.4 is 0 Å². The van der Waals surface area contributed by atoms with E-state index in [1.54, 1.807) is 0 Å². The molecule has 1 atom stereocenters. The molecule has 0 aliphatic carbocycles. The zero-order valence-corrected chi connectivity index (χ0v) is 11.1. The molecule has 0 amide bonds. The molecule has 1 heterocycles. The number of para-hydroxylation sites is 1. The van der Waals surface area contributed by atoms with Crippen LogP contribution in [0.2, 0.25) is 0 Å². The predicted molar refractivity (Wildman–Crippen MR) is 71.1 cm³/mol. The van der Waals surface area contributed by atoms with E-state index in [4.69, 9.17) is 0 Å². The molecule has 1 fully saturated rings. The van der Waals surface area contributed by atoms with E-state index in [1.165, 1.54) is 13.0 Å². The summed E-state index contributed by atoms with van der Waals surface area (Å²) in [6.45, 7) is 9.79. The number of phenols is 1. The molecule has 2 heteroatoms. The highest BCUT2D eigenvalue weighted by Gasteiger charge is 2.25. The third kappa shape index (κ3) is 2.81. The van der Waals surface area contributed by atoms with Gasteiger partial charge in [-0.05, 0) is 37.3 Å². The molecule has 17 heavy (non-hydrogen) atoms. The first-order valence-electron chi connectivity index (χ1n) is 6.57. The molecule has 0 aromatic heterocycles. The normalized spacial score (nSPS) is 21.3. The molecule has 2 rings (SSSR count). The third-order valence-electron chi connectivity index (χ3n) is 3.97. The Morgan fingerprint density at radius 3 is 2.82 bits per heavy atom. The second-order valence-corrected chi connectivity index (χ2v) is 5.61. The minimum Gasteiger partial charge on any atom is -0.507 e. The number of nitrogens with zero attached hydrogens (tertiary/aromatic N) is 1. The number of hydrogen-bond acceptors (Lipinski definition) is 2. The summed E-state index contributed by atoms with van der Waals surface area (Å²) < 4.78 is 0. The van der Waals surface area contributed by atoms with E-state index in [9.17, 15) is 5.11 Å². The van der Waals surface area contributed by atoms with Gasteiger partial charge in [-0.15, -0.1) is 0 Å². The summed E-state index contributed by atoms with van der Waals surface area (Å²) in [7, 11) is 0. The SMILES string of the molecule is Cc1cccc(CN2CCC(C(C)C)C2)c1O. The van der Waals surface area contributed by atoms with Gasteiger partial charge >= 0.3 is 0 Å². The van der Waals surface area contributed by atoms with Crippen LogP contribution in [0.4, 0.5) is 0 Å². The molecule has 1 unspecified atom stereocenters. The molecule has 2 nitrogen and oxygen atoms in total. The molecule has 0 bridgehead atoms. The van der Waals surface area contributed by atoms with Crippen molar-refractivity contribution in [3.8, 4) is 5.75 Å². The first-order chi connectivity index (χ1) is 8.08. The molecule has 94 valence electrons. The van der Waals surface area contributed by atoms with Gasteiger partial charge in [0.05, 0.1) is 0 Å². The van der Waals surface area contributed by atoms with Gasteiger partial charge in [-0.3, -0.25) is 4.90 Å². The molecule has 0 radical (unpaired) electrons. The number of hydrogen-bond donors (Lipinski definition) is 1. The zero-order valence-electron chi connectivity index (χ0n) is 11.1. The molecule has 1 aromatic carbocycles. The quantitative estimate of drug-likeness (QED) is 0.866. The van der Waals surface area contributed by atoms with Crippen molar-refractivity contribution in [1.29, 1.82) is 0 Å². The summed E-state index contributed by atoms with van der Waals surface area (Å²) in [6.07, 6.45) is 1.30. The van der Waals surface area contributed by atoms with Crippen molar-refractivity contribution < 1.29 is 5.11 Å². The van der Waals surface area contributed by atoms with Crippen LogP contribution in [0.15, 0.2) is 18.2 Å². The van der Waals surface area contributed by atoms with Gasteiger partial charge < -0.3 is 5.11 Å². The Morgan fingerprint density at radius 1 is 1.41 bits per heavy atom. The average molecular weight is 233 g/mol. The third-order valence-corrected chi connectivity index (χ3v) is 3.97. The lowest BCUT2D eigenvalue weighted by Crippen LogP contribution is -2.21. The Bertz CT molecular complexity index is 387. The Balaban J connectivity index is 2.00. The van der Waals surface area contributed by atoms with Gasteiger partial charge in [0.25, 0.3) is 0 Å². The van der Waals surface area contributed by atoms with Gasteiger partial charge in [0.1, 0.15) is 5.75 Å². The fraction of sp³-hybridized carbons (Fsp3) is 0.600. The zero-order chi connectivity index (χ0) is 12.4. The van der Waals surface area contributed by atoms with E-state index in [0.717, 1.165) is 36.1 Å². The fourth-order valence-corrected chi connectivity index (χ4v) is 2.64. The molecule has 1 saturated heterocycles. The number of aromatic hydroxyl groups is 1. The highest BCUT2D eigenvalue weighted by Crippen LogP contribution is 2.28. The average Bonchev–Trinajstić information content (AvgIpc) is 2.73. The Kier molecular flexibility index (Phi) is 3.72. The van der Waals surface area contributed by atoms with Crippen molar-refractivity contribution in [3.63, 3.8) is 0 Å². The topological polar surface area (TPSA) is 23.5 Å². The first kappa shape index (κ1) is 12.4. The smallest absolute Gasteiger partial charge is 0.122 e. The fourth-order valence-electron chi connectivity index (χ4n) is 2.64. The van der Waals surface area contributed by atoms with Crippen molar-refractivity contribution in [2.75, 3.05) is 13.1 Å². The van der Waals surface area contributed by atoms with Gasteiger partial charge in [-0.1, -0.05) is 32.0 Å². The van der Waals surface area contributed by atoms with Gasteiger partial charge in [-0.25, -0.2) is 0 Å². The lowest BCUT2D eigenvalue weighted by molar-refractivity contribution is 0.292. The predicted octanol–water partition coefficient (Wildman–Crippen LogP) is 3.18. The van der Waals surface area contributed by atoms with Crippen LogP contribution in [0.25, 0.3) is 0 Å². The van der Waals surface area contributed by atoms with Crippen LogP contribution in [-0.4, -0.2) is 23.1 Å². The maximum atomic E-state index is 10.0. The second kappa shape index (κ2) is 5.09. The molecule has 1 aliphatic rings. The lowest BCUT2D eigenvalue weighted by Gasteiger charge is -2.18. The van der Waals surface area contributed by atoms with Crippen molar-refractivity contribution in [1.82, 2.24) is 4.90 Å². The number of benzene rings is 1. The summed E-state index contributed by atoms with van der Waals surface area (Å²) >= 11 is 0. The Labute approximate surface area is 104 Å². The highest BCUT2D eigenvalue weighted by atomic mass is 16.3. The molecular weight excluding hydrogens is 210 g/mol. The van der Waals surface area contributed by atoms with Crippen LogP contribution in [0.5, 0.6) is 5.75 Å². The summed E-state index contributed by atoms with van der Waals surface area (Å²) in [5.41, 5.74) is 2.04. The van der Waals surface area contributed by atoms with Crippen molar-refractivity contribution in [3.05, 3.63) is 29.3 Å². The Morgan fingerprint density at radius 2 is 2.18 bits per heavy atom. The number of aryl methyl sites for hydroxylation is 1. The minimum atomic E-state index is 0.473. The van der Waals surface area contributed by atoms with Crippen LogP contribution >= 0.6 is 0 Å². The van der Waals surface area contributed by atoms with E-state index in [-0.39, 0.29) is 0 Å². The summed E-state index contributed by atoms with van der Waals surface area (Å²) in [5, 5.41) is 10.0. The van der Waals surface area contributed by atoms with Gasteiger partial charge in [0.2, 0.25) is 0 Å². The van der Waals surface area contributed by atoms with Crippen molar-refractivity contribution in [2.24, 2.45) is 11.8 Å². The summed E-state index contributed by atoms with van der Waals surface area (Å²) in [5.74, 6) is 2.06. The number of rotatable bonds is 3. The van der Waals surface area contributed by atoms with E-state index in [2.05, 4.69) is 18.7 Å². The van der Waals surface area contributed by atoms with Crippen LogP contribution in [0.3, 0.4) is 0 Å². The number of phenolic OH excluding ortho intramolecular Hbond substituents is 1. The maximum absolute atomic E-state index is 10.0. The summed E-state index contributed by atoms with van der Waals surface area (Å²) in [4.78, 5) is 2.46. The van der Waals surface area contributed by atoms with Crippen LogP contribution in [0, 0.1) is 18.8 Å². The standard InChI is InChI=1S/C15H23NO/c1-11(2)13-7-8-16(9-13)10-14-6-4-5-12(3)15(14)17/h4-6,11,13,17H,7-10H2,1-3H3. The molecule has 1 N–H and O–H groups in total. The van der Waals surface area contributed by atoms with Crippen LogP contribution in [-0.2, 0) is 6.54 Å². The molecule has 0 spiro atoms. The monoisotopic (exact) mass is 233 g/mol. The molecule has 1 aromatic rings. The number of likely N-dealkylation sites (tertiary alicyclic amines) is 1. The van der Waals surface area contributed by atoms with E-state index in [0.29, 0.717) is 5.75 Å². The molecule has 0 saturated carbocycles. The highest BCUT2D eigenvalue weighted by molar-refractivity contribution is 5.39. The van der Waals surface area contributed by atoms with E-state index in [1.807, 2.05) is 25.1 Å². The van der Waals surface area contributed by atoms with Gasteiger partial charge in [-0.2, -0.15) is 0 Å². The lowest BCUT2D eigenvalue weighted by atomic mass is 9.95. The molecular formula is C15H23NO. The van der Waals surface area contributed by atoms with E-state index < -0.39 is 0 Å². The van der Waals surface area contributed by atoms with Gasteiger partial charge in [0.15, 0.2) is 0 Å². The van der Waals surface area contributed by atoms with Crippen molar-refractivity contribution >= 4 is 0 Å². The Hall–Kier alpha value is -1.02. The first-order valence-corrected chi connectivity index (χ1v) is 6.57.